The van der Waals surface area contributed by atoms with Crippen molar-refractivity contribution < 1.29 is 9.59 Å². The molecule has 6 heteroatoms. The van der Waals surface area contributed by atoms with E-state index in [0.717, 1.165) is 24.4 Å². The van der Waals surface area contributed by atoms with Gasteiger partial charge in [0.15, 0.2) is 0 Å². The number of nitrogens with one attached hydrogen (secondary N) is 2. The lowest BCUT2D eigenvalue weighted by atomic mass is 10.1. The van der Waals surface area contributed by atoms with Gasteiger partial charge in [0.05, 0.1) is 12.5 Å². The molecule has 2 N–H and O–H groups in total. The molecule has 0 aliphatic carbocycles. The third kappa shape index (κ3) is 4.81. The van der Waals surface area contributed by atoms with Crippen LogP contribution in [-0.2, 0) is 9.59 Å². The van der Waals surface area contributed by atoms with Crippen LogP contribution in [0.1, 0.15) is 44.0 Å². The van der Waals surface area contributed by atoms with Gasteiger partial charge >= 0.3 is 0 Å². The SMILES string of the molecule is CCN1CCCC1CNC(=O)CC(NC(C)=O)c1cccs1. The quantitative estimate of drug-likeness (QED) is 0.806. The molecule has 2 unspecified atom stereocenters. The summed E-state index contributed by atoms with van der Waals surface area (Å²) in [7, 11) is 0. The molecule has 1 aromatic rings. The van der Waals surface area contributed by atoms with E-state index in [1.165, 1.54) is 13.3 Å². The number of thiophene rings is 1. The lowest BCUT2D eigenvalue weighted by Gasteiger charge is -2.23. The zero-order valence-corrected chi connectivity index (χ0v) is 14.1. The third-order valence-corrected chi connectivity index (χ3v) is 5.08. The molecule has 0 bridgehead atoms. The Kier molecular flexibility index (Phi) is 6.39. The zero-order chi connectivity index (χ0) is 15.9. The van der Waals surface area contributed by atoms with E-state index in [0.29, 0.717) is 19.0 Å². The van der Waals surface area contributed by atoms with E-state index in [1.54, 1.807) is 11.3 Å². The van der Waals surface area contributed by atoms with Gasteiger partial charge in [-0.3, -0.25) is 14.5 Å². The van der Waals surface area contributed by atoms with E-state index in [1.807, 2.05) is 17.5 Å². The minimum Gasteiger partial charge on any atom is -0.354 e. The molecule has 1 aliphatic heterocycles. The highest BCUT2D eigenvalue weighted by Gasteiger charge is 2.24. The number of carbonyl (C=O) groups excluding carboxylic acids is 2. The molecule has 2 atom stereocenters. The van der Waals surface area contributed by atoms with E-state index < -0.39 is 0 Å². The highest BCUT2D eigenvalue weighted by atomic mass is 32.1. The molecule has 1 saturated heterocycles. The van der Waals surface area contributed by atoms with Crippen LogP contribution in [0.4, 0.5) is 0 Å². The first-order chi connectivity index (χ1) is 10.6. The standard InChI is InChI=1S/C16H25N3O2S/c1-3-19-8-4-6-13(19)11-17-16(21)10-14(18-12(2)20)15-7-5-9-22-15/h5,7,9,13-14H,3-4,6,8,10-11H2,1-2H3,(H,17,21)(H,18,20). The summed E-state index contributed by atoms with van der Waals surface area (Å²) in [6.07, 6.45) is 2.64. The van der Waals surface area contributed by atoms with Crippen molar-refractivity contribution >= 4 is 23.2 Å². The van der Waals surface area contributed by atoms with E-state index >= 15 is 0 Å². The normalized spacial score (nSPS) is 19.8. The van der Waals surface area contributed by atoms with Crippen LogP contribution in [0.2, 0.25) is 0 Å². The third-order valence-electron chi connectivity index (χ3n) is 4.09. The van der Waals surface area contributed by atoms with Crippen LogP contribution >= 0.6 is 11.3 Å². The lowest BCUT2D eigenvalue weighted by molar-refractivity contribution is -0.122. The summed E-state index contributed by atoms with van der Waals surface area (Å²) in [5.74, 6) is -0.116. The zero-order valence-electron chi connectivity index (χ0n) is 13.3. The Morgan fingerprint density at radius 3 is 2.95 bits per heavy atom. The van der Waals surface area contributed by atoms with Crippen molar-refractivity contribution in [3.63, 3.8) is 0 Å². The number of carbonyl (C=O) groups is 2. The van der Waals surface area contributed by atoms with E-state index in [4.69, 9.17) is 0 Å². The minimum atomic E-state index is -0.233. The van der Waals surface area contributed by atoms with Crippen LogP contribution in [0, 0.1) is 0 Å². The van der Waals surface area contributed by atoms with Crippen LogP contribution in [0.15, 0.2) is 17.5 Å². The fraction of sp³-hybridized carbons (Fsp3) is 0.625. The van der Waals surface area contributed by atoms with Crippen LogP contribution in [0.5, 0.6) is 0 Å². The van der Waals surface area contributed by atoms with Crippen LogP contribution in [0.3, 0.4) is 0 Å². The van der Waals surface area contributed by atoms with E-state index in [2.05, 4.69) is 22.5 Å². The number of rotatable bonds is 7. The second-order valence-corrected chi connectivity index (χ2v) is 6.68. The van der Waals surface area contributed by atoms with Crippen molar-refractivity contribution in [3.8, 4) is 0 Å². The molecule has 2 heterocycles. The molecule has 0 radical (unpaired) electrons. The molecule has 0 aromatic carbocycles. The van der Waals surface area contributed by atoms with Gasteiger partial charge in [-0.1, -0.05) is 13.0 Å². The Bertz CT molecular complexity index is 490. The summed E-state index contributed by atoms with van der Waals surface area (Å²) >= 11 is 1.56. The van der Waals surface area contributed by atoms with Crippen molar-refractivity contribution in [1.82, 2.24) is 15.5 Å². The van der Waals surface area contributed by atoms with Crippen molar-refractivity contribution in [2.75, 3.05) is 19.6 Å². The number of hydrogen-bond donors (Lipinski definition) is 2. The molecule has 0 saturated carbocycles. The fourth-order valence-corrected chi connectivity index (χ4v) is 3.77. The summed E-state index contributed by atoms with van der Waals surface area (Å²) in [6.45, 7) is 6.49. The highest BCUT2D eigenvalue weighted by molar-refractivity contribution is 7.10. The van der Waals surface area contributed by atoms with Crippen molar-refractivity contribution in [3.05, 3.63) is 22.4 Å². The monoisotopic (exact) mass is 323 g/mol. The number of nitrogens with zero attached hydrogens (tertiary/aromatic N) is 1. The summed E-state index contributed by atoms with van der Waals surface area (Å²) in [6, 6.07) is 4.11. The Labute approximate surface area is 136 Å². The Balaban J connectivity index is 1.84. The predicted molar refractivity (Wildman–Crippen MR) is 88.8 cm³/mol. The first kappa shape index (κ1) is 17.0. The first-order valence-corrected chi connectivity index (χ1v) is 8.79. The number of likely N-dealkylation sites (tertiary alicyclic amines) is 1. The van der Waals surface area contributed by atoms with Gasteiger partial charge in [-0.25, -0.2) is 0 Å². The van der Waals surface area contributed by atoms with Gasteiger partial charge in [0.2, 0.25) is 11.8 Å². The molecule has 0 spiro atoms. The molecule has 1 fully saturated rings. The molecule has 22 heavy (non-hydrogen) atoms. The molecule has 2 amide bonds. The van der Waals surface area contributed by atoms with Gasteiger partial charge in [0.1, 0.15) is 0 Å². The van der Waals surface area contributed by atoms with E-state index in [9.17, 15) is 9.59 Å². The molecule has 5 nitrogen and oxygen atoms in total. The van der Waals surface area contributed by atoms with Crippen LogP contribution in [-0.4, -0.2) is 42.4 Å². The summed E-state index contributed by atoms with van der Waals surface area (Å²) < 4.78 is 0. The molecule has 122 valence electrons. The highest BCUT2D eigenvalue weighted by Crippen LogP contribution is 2.22. The molecule has 2 rings (SSSR count). The van der Waals surface area contributed by atoms with Gasteiger partial charge < -0.3 is 10.6 Å². The number of hydrogen-bond acceptors (Lipinski definition) is 4. The van der Waals surface area contributed by atoms with E-state index in [-0.39, 0.29) is 17.9 Å². The van der Waals surface area contributed by atoms with Gasteiger partial charge in [-0.15, -0.1) is 11.3 Å². The fourth-order valence-electron chi connectivity index (χ4n) is 2.99. The summed E-state index contributed by atoms with van der Waals surface area (Å²) in [4.78, 5) is 27.0. The summed E-state index contributed by atoms with van der Waals surface area (Å²) in [5.41, 5.74) is 0. The average molecular weight is 323 g/mol. The first-order valence-electron chi connectivity index (χ1n) is 7.91. The lowest BCUT2D eigenvalue weighted by Crippen LogP contribution is -2.41. The number of amides is 2. The van der Waals surface area contributed by atoms with Gasteiger partial charge in [-0.2, -0.15) is 0 Å². The van der Waals surface area contributed by atoms with Crippen LogP contribution < -0.4 is 10.6 Å². The van der Waals surface area contributed by atoms with Crippen molar-refractivity contribution in [2.45, 2.75) is 45.2 Å². The Morgan fingerprint density at radius 1 is 1.50 bits per heavy atom. The van der Waals surface area contributed by atoms with Crippen LogP contribution in [0.25, 0.3) is 0 Å². The maximum atomic E-state index is 12.2. The second-order valence-electron chi connectivity index (χ2n) is 5.70. The Hall–Kier alpha value is -1.40. The molecule has 1 aromatic heterocycles. The van der Waals surface area contributed by atoms with Gasteiger partial charge in [-0.05, 0) is 37.4 Å². The van der Waals surface area contributed by atoms with Gasteiger partial charge in [0.25, 0.3) is 0 Å². The smallest absolute Gasteiger partial charge is 0.222 e. The largest absolute Gasteiger partial charge is 0.354 e. The number of likely N-dealkylation sites (N-methyl/N-ethyl adjacent to an activating group) is 1. The molecular formula is C16H25N3O2S. The maximum Gasteiger partial charge on any atom is 0.222 e. The predicted octanol–water partition coefficient (Wildman–Crippen LogP) is 1.92. The molecule has 1 aliphatic rings. The minimum absolute atomic E-state index is 0.00453. The van der Waals surface area contributed by atoms with Crippen molar-refractivity contribution in [1.29, 1.82) is 0 Å². The van der Waals surface area contributed by atoms with Crippen molar-refractivity contribution in [2.24, 2.45) is 0 Å². The molecular weight excluding hydrogens is 298 g/mol. The summed E-state index contributed by atoms with van der Waals surface area (Å²) in [5, 5.41) is 7.85. The average Bonchev–Trinajstić information content (AvgIpc) is 3.15. The topological polar surface area (TPSA) is 61.4 Å². The maximum absolute atomic E-state index is 12.2. The van der Waals surface area contributed by atoms with Gasteiger partial charge in [0, 0.05) is 24.4 Å². The Morgan fingerprint density at radius 2 is 2.32 bits per heavy atom. The second kappa shape index (κ2) is 8.29.